The van der Waals surface area contributed by atoms with Crippen LogP contribution in [0.3, 0.4) is 0 Å². The summed E-state index contributed by atoms with van der Waals surface area (Å²) in [4.78, 5) is 56.7. The number of carbonyl (C=O) groups is 4. The zero-order chi connectivity index (χ0) is 37.4. The lowest BCUT2D eigenvalue weighted by molar-refractivity contribution is -0.139. The minimum Gasteiger partial charge on any atom is -0.481 e. The van der Waals surface area contributed by atoms with Crippen LogP contribution in [0.2, 0.25) is 0 Å². The molecule has 0 unspecified atom stereocenters. The maximum absolute atomic E-state index is 14.1. The van der Waals surface area contributed by atoms with Crippen molar-refractivity contribution in [3.8, 4) is 11.1 Å². The van der Waals surface area contributed by atoms with Crippen LogP contribution in [-0.2, 0) is 35.5 Å². The lowest BCUT2D eigenvalue weighted by Gasteiger charge is -2.21. The Bertz CT molecular complexity index is 2110. The predicted octanol–water partition coefficient (Wildman–Crippen LogP) is 4.39. The summed E-state index contributed by atoms with van der Waals surface area (Å²) in [5, 5.41) is 31.8. The van der Waals surface area contributed by atoms with E-state index in [1.54, 1.807) is 4.90 Å². The highest BCUT2D eigenvalue weighted by atomic mass is 16.4. The van der Waals surface area contributed by atoms with Gasteiger partial charge in [-0.1, -0.05) is 48.5 Å². The second kappa shape index (κ2) is 14.9. The Balaban J connectivity index is 1.11. The van der Waals surface area contributed by atoms with Crippen molar-refractivity contribution in [1.82, 2.24) is 10.2 Å². The molecule has 3 aliphatic rings. The van der Waals surface area contributed by atoms with Crippen LogP contribution in [0.4, 0.5) is 11.4 Å². The number of likely N-dealkylation sites (tertiary alicyclic amines) is 1. The first-order chi connectivity index (χ1) is 25.5. The molecule has 0 bridgehead atoms. The molecule has 4 aromatic carbocycles. The zero-order valence-electron chi connectivity index (χ0n) is 30.0. The molecule has 0 radical (unpaired) electrons. The summed E-state index contributed by atoms with van der Waals surface area (Å²) in [6, 6.07) is 23.5. The summed E-state index contributed by atoms with van der Waals surface area (Å²) in [6.07, 6.45) is -0.490. The van der Waals surface area contributed by atoms with Crippen molar-refractivity contribution in [3.63, 3.8) is 0 Å². The van der Waals surface area contributed by atoms with Gasteiger partial charge < -0.3 is 35.3 Å². The molecule has 2 atom stereocenters. The van der Waals surface area contributed by atoms with Gasteiger partial charge in [0.2, 0.25) is 5.91 Å². The lowest BCUT2D eigenvalue weighted by atomic mass is 9.93. The number of hydrogen-bond acceptors (Lipinski definition) is 7. The predicted molar refractivity (Wildman–Crippen MR) is 201 cm³/mol. The number of β-amino-alcohol motifs (C(OH)–C–C–N with tert-alkyl or cyclic N) is 1. The van der Waals surface area contributed by atoms with E-state index >= 15 is 0 Å². The van der Waals surface area contributed by atoms with Crippen LogP contribution in [0.15, 0.2) is 72.8 Å². The number of nitrogens with one attached hydrogen (secondary N) is 1. The van der Waals surface area contributed by atoms with Crippen molar-refractivity contribution in [2.75, 3.05) is 36.0 Å². The molecule has 7 rings (SSSR count). The summed E-state index contributed by atoms with van der Waals surface area (Å²) < 4.78 is 0. The maximum atomic E-state index is 14.1. The van der Waals surface area contributed by atoms with Crippen LogP contribution in [0, 0.1) is 13.8 Å². The number of fused-ring (bicyclic) bond motifs is 2. The van der Waals surface area contributed by atoms with Crippen molar-refractivity contribution in [1.29, 1.82) is 0 Å². The number of aliphatic carboxylic acids is 1. The van der Waals surface area contributed by atoms with E-state index in [0.717, 1.165) is 55.9 Å². The van der Waals surface area contributed by atoms with Gasteiger partial charge in [0.1, 0.15) is 0 Å². The Morgan fingerprint density at radius 3 is 1.89 bits per heavy atom. The van der Waals surface area contributed by atoms with Gasteiger partial charge in [-0.25, -0.2) is 0 Å². The highest BCUT2D eigenvalue weighted by molar-refractivity contribution is 6.10. The van der Waals surface area contributed by atoms with Gasteiger partial charge >= 0.3 is 5.97 Å². The van der Waals surface area contributed by atoms with Crippen LogP contribution in [0.5, 0.6) is 0 Å². The third-order valence-corrected chi connectivity index (χ3v) is 10.6. The topological polar surface area (TPSA) is 151 Å². The minimum absolute atomic E-state index is 0.0887. The Kier molecular flexibility index (Phi) is 10.2. The van der Waals surface area contributed by atoms with Gasteiger partial charge in [-0.2, -0.15) is 0 Å². The molecule has 3 heterocycles. The highest BCUT2D eigenvalue weighted by Crippen LogP contribution is 2.42. The van der Waals surface area contributed by atoms with Gasteiger partial charge in [-0.15, -0.1) is 0 Å². The van der Waals surface area contributed by atoms with Gasteiger partial charge in [-0.05, 0) is 95.5 Å². The molecular formula is C42H44N4O7. The number of aliphatic hydroxyl groups is 2. The summed E-state index contributed by atoms with van der Waals surface area (Å²) in [5.74, 6) is -1.33. The van der Waals surface area contributed by atoms with Crippen molar-refractivity contribution in [3.05, 3.63) is 117 Å². The Morgan fingerprint density at radius 1 is 0.811 bits per heavy atom. The number of aryl methyl sites for hydroxylation is 2. The quantitative estimate of drug-likeness (QED) is 0.179. The average molecular weight is 717 g/mol. The lowest BCUT2D eigenvalue weighted by Crippen LogP contribution is -2.30. The molecule has 3 amide bonds. The Morgan fingerprint density at radius 2 is 1.36 bits per heavy atom. The number of amides is 3. The van der Waals surface area contributed by atoms with E-state index in [4.69, 9.17) is 5.11 Å². The van der Waals surface area contributed by atoms with E-state index in [1.165, 1.54) is 0 Å². The average Bonchev–Trinajstić information content (AvgIpc) is 3.85. The second-order valence-corrected chi connectivity index (χ2v) is 14.3. The zero-order valence-corrected chi connectivity index (χ0v) is 30.0. The number of benzene rings is 4. The van der Waals surface area contributed by atoms with Crippen molar-refractivity contribution >= 4 is 35.1 Å². The van der Waals surface area contributed by atoms with Crippen molar-refractivity contribution in [2.45, 2.75) is 64.8 Å². The number of hydrogen-bond donors (Lipinski definition) is 4. The van der Waals surface area contributed by atoms with E-state index < -0.39 is 18.2 Å². The number of rotatable bonds is 11. The molecular weight excluding hydrogens is 672 g/mol. The van der Waals surface area contributed by atoms with Crippen LogP contribution in [0.25, 0.3) is 11.1 Å². The Hall–Kier alpha value is -5.36. The van der Waals surface area contributed by atoms with Gasteiger partial charge in [-0.3, -0.25) is 19.2 Å². The van der Waals surface area contributed by atoms with E-state index in [1.807, 2.05) is 84.3 Å². The number of anilines is 2. The van der Waals surface area contributed by atoms with Gasteiger partial charge in [0.05, 0.1) is 25.0 Å². The van der Waals surface area contributed by atoms with Crippen molar-refractivity contribution < 1.29 is 34.5 Å². The number of nitrogens with zero attached hydrogens (tertiary/aromatic N) is 3. The molecule has 3 aliphatic heterocycles. The molecule has 0 saturated carbocycles. The van der Waals surface area contributed by atoms with Crippen LogP contribution in [0.1, 0.15) is 66.9 Å². The SMILES string of the molecule is Cc1ccc(CNC[C@@H](O)CC(=O)O)cc1C(=O)N1CCc2c(-c3cccc4c3CCN4C(=O)c3cc(CN4C[C@@H](O)CC4=O)ccc3C)cccc21. The maximum Gasteiger partial charge on any atom is 0.306 e. The van der Waals surface area contributed by atoms with Crippen molar-refractivity contribution in [2.24, 2.45) is 0 Å². The number of carbonyl (C=O) groups excluding carboxylic acids is 3. The second-order valence-electron chi connectivity index (χ2n) is 14.3. The molecule has 0 spiro atoms. The number of carboxylic acid groups (broad SMARTS) is 1. The first kappa shape index (κ1) is 36.0. The van der Waals surface area contributed by atoms with Gasteiger partial charge in [0, 0.05) is 61.8 Å². The van der Waals surface area contributed by atoms with Crippen LogP contribution >= 0.6 is 0 Å². The number of aliphatic hydroxyl groups excluding tert-OH is 2. The molecule has 53 heavy (non-hydrogen) atoms. The van der Waals surface area contributed by atoms with Gasteiger partial charge in [0.25, 0.3) is 11.8 Å². The van der Waals surface area contributed by atoms with E-state index in [9.17, 15) is 29.4 Å². The molecule has 1 fully saturated rings. The smallest absolute Gasteiger partial charge is 0.306 e. The van der Waals surface area contributed by atoms with E-state index in [-0.39, 0.29) is 37.1 Å². The Labute approximate surface area is 308 Å². The third kappa shape index (κ3) is 7.33. The highest BCUT2D eigenvalue weighted by Gasteiger charge is 2.33. The standard InChI is InChI=1S/C42H44N4O7/c1-25-9-11-27(21-43-22-29(47)20-40(50)51)17-35(25)41(52)45-15-13-33-31(5-3-7-37(33)45)32-6-4-8-38-34(32)14-16-46(38)42(53)36-18-28(12-10-26(36)2)23-44-24-30(48)19-39(44)49/h3-12,17-18,29-30,43,47-48H,13-16,19-24H2,1-2H3,(H,50,51)/t29-,30-/m0/s1. The minimum atomic E-state index is -1.06. The van der Waals surface area contributed by atoms with E-state index in [2.05, 4.69) is 17.4 Å². The van der Waals surface area contributed by atoms with E-state index in [0.29, 0.717) is 56.7 Å². The first-order valence-corrected chi connectivity index (χ1v) is 18.1. The first-order valence-electron chi connectivity index (χ1n) is 18.1. The fourth-order valence-electron chi connectivity index (χ4n) is 7.87. The molecule has 0 aliphatic carbocycles. The summed E-state index contributed by atoms with van der Waals surface area (Å²) >= 11 is 0. The third-order valence-electron chi connectivity index (χ3n) is 10.6. The molecule has 11 nitrogen and oxygen atoms in total. The summed E-state index contributed by atoms with van der Waals surface area (Å²) in [7, 11) is 0. The number of carboxylic acids is 1. The van der Waals surface area contributed by atoms with Gasteiger partial charge in [0.15, 0.2) is 0 Å². The molecule has 0 aromatic heterocycles. The molecule has 11 heteroatoms. The molecule has 274 valence electrons. The molecule has 4 aromatic rings. The normalized spacial score (nSPS) is 16.9. The summed E-state index contributed by atoms with van der Waals surface area (Å²) in [6.45, 7) is 6.05. The monoisotopic (exact) mass is 716 g/mol. The molecule has 1 saturated heterocycles. The fraction of sp³-hybridized carbons (Fsp3) is 0.333. The fourth-order valence-corrected chi connectivity index (χ4v) is 7.87. The van der Waals surface area contributed by atoms with Crippen LogP contribution < -0.4 is 15.1 Å². The van der Waals surface area contributed by atoms with Crippen LogP contribution in [-0.4, -0.2) is 82.3 Å². The largest absolute Gasteiger partial charge is 0.481 e. The molecule has 4 N–H and O–H groups in total. The summed E-state index contributed by atoms with van der Waals surface area (Å²) in [5.41, 5.74) is 10.6.